The topological polar surface area (TPSA) is 81.2 Å². The van der Waals surface area contributed by atoms with Crippen LogP contribution in [0.15, 0.2) is 24.9 Å². The molecule has 0 N–H and O–H groups in total. The van der Waals surface area contributed by atoms with Crippen LogP contribution >= 0.6 is 0 Å². The van der Waals surface area contributed by atoms with E-state index in [1.54, 1.807) is 11.0 Å². The van der Waals surface area contributed by atoms with Crippen molar-refractivity contribution in [1.82, 2.24) is 34.3 Å². The molecule has 8 nitrogen and oxygen atoms in total. The molecule has 2 aliphatic rings. The summed E-state index contributed by atoms with van der Waals surface area (Å²) in [6.07, 6.45) is 11.9. The lowest BCUT2D eigenvalue weighted by atomic mass is 9.88. The van der Waals surface area contributed by atoms with Crippen molar-refractivity contribution < 1.29 is 4.79 Å². The van der Waals surface area contributed by atoms with Gasteiger partial charge in [0, 0.05) is 36.7 Å². The molecule has 0 bridgehead atoms. The second-order valence-electron chi connectivity index (χ2n) is 8.37. The van der Waals surface area contributed by atoms with Crippen LogP contribution in [-0.4, -0.2) is 53.3 Å². The maximum Gasteiger partial charge on any atom is 0.225 e. The van der Waals surface area contributed by atoms with Crippen LogP contribution < -0.4 is 0 Å². The molecule has 152 valence electrons. The van der Waals surface area contributed by atoms with Crippen molar-refractivity contribution in [2.45, 2.75) is 57.9 Å². The number of aryl methyl sites for hydroxylation is 1. The summed E-state index contributed by atoms with van der Waals surface area (Å²) in [5.74, 6) is 0.897. The van der Waals surface area contributed by atoms with E-state index >= 15 is 0 Å². The molecule has 1 aliphatic carbocycles. The van der Waals surface area contributed by atoms with Gasteiger partial charge in [0.1, 0.15) is 12.7 Å². The fraction of sp³-hybridized carbons (Fsp3) is 0.571. The number of fused-ring (bicyclic) bond motifs is 1. The molecule has 5 rings (SSSR count). The van der Waals surface area contributed by atoms with Crippen LogP contribution in [0.4, 0.5) is 0 Å². The molecule has 29 heavy (non-hydrogen) atoms. The van der Waals surface area contributed by atoms with E-state index in [4.69, 9.17) is 5.10 Å². The number of aromatic nitrogens is 6. The Balaban J connectivity index is 1.39. The Hall–Kier alpha value is -2.77. The summed E-state index contributed by atoms with van der Waals surface area (Å²) in [7, 11) is 0. The third-order valence-corrected chi connectivity index (χ3v) is 6.50. The largest absolute Gasteiger partial charge is 0.342 e. The van der Waals surface area contributed by atoms with Crippen LogP contribution in [0, 0.1) is 12.8 Å². The molecule has 0 unspecified atom stereocenters. The zero-order valence-electron chi connectivity index (χ0n) is 16.9. The van der Waals surface area contributed by atoms with E-state index in [-0.39, 0.29) is 5.92 Å². The molecule has 1 saturated heterocycles. The number of rotatable bonds is 4. The molecular formula is C21H27N7O. The van der Waals surface area contributed by atoms with E-state index in [0.29, 0.717) is 18.4 Å². The summed E-state index contributed by atoms with van der Waals surface area (Å²) >= 11 is 0. The Morgan fingerprint density at radius 3 is 2.86 bits per heavy atom. The van der Waals surface area contributed by atoms with Crippen molar-refractivity contribution in [2.24, 2.45) is 5.92 Å². The highest BCUT2D eigenvalue weighted by Crippen LogP contribution is 2.32. The number of carbonyl (C=O) groups excluding carboxylic acids is 1. The van der Waals surface area contributed by atoms with Gasteiger partial charge in [-0.15, -0.1) is 0 Å². The number of carbonyl (C=O) groups is 1. The zero-order chi connectivity index (χ0) is 19.8. The maximum atomic E-state index is 13.0. The molecule has 1 amide bonds. The summed E-state index contributed by atoms with van der Waals surface area (Å²) in [4.78, 5) is 23.7. The van der Waals surface area contributed by atoms with Crippen molar-refractivity contribution in [1.29, 1.82) is 0 Å². The predicted molar refractivity (Wildman–Crippen MR) is 107 cm³/mol. The van der Waals surface area contributed by atoms with Gasteiger partial charge in [-0.25, -0.2) is 19.2 Å². The highest BCUT2D eigenvalue weighted by molar-refractivity contribution is 5.79. The molecule has 1 atom stereocenters. The lowest BCUT2D eigenvalue weighted by Crippen LogP contribution is -2.35. The van der Waals surface area contributed by atoms with Gasteiger partial charge in [-0.3, -0.25) is 4.79 Å². The second kappa shape index (κ2) is 7.57. The fourth-order valence-corrected chi connectivity index (χ4v) is 4.89. The molecule has 1 aliphatic heterocycles. The van der Waals surface area contributed by atoms with Gasteiger partial charge in [0.2, 0.25) is 5.91 Å². The lowest BCUT2D eigenvalue weighted by molar-refractivity contribution is -0.135. The Morgan fingerprint density at radius 2 is 2.07 bits per heavy atom. The van der Waals surface area contributed by atoms with E-state index in [9.17, 15) is 4.79 Å². The van der Waals surface area contributed by atoms with Crippen molar-refractivity contribution in [3.8, 4) is 0 Å². The van der Waals surface area contributed by atoms with E-state index in [2.05, 4.69) is 26.0 Å². The summed E-state index contributed by atoms with van der Waals surface area (Å²) in [6, 6.07) is 2.05. The van der Waals surface area contributed by atoms with E-state index in [1.165, 1.54) is 25.6 Å². The number of amides is 1. The summed E-state index contributed by atoms with van der Waals surface area (Å²) < 4.78 is 3.76. The second-order valence-corrected chi connectivity index (χ2v) is 8.37. The first-order valence-corrected chi connectivity index (χ1v) is 10.6. The Labute approximate surface area is 169 Å². The van der Waals surface area contributed by atoms with Crippen LogP contribution in [0.5, 0.6) is 0 Å². The Bertz CT molecular complexity index is 1000. The van der Waals surface area contributed by atoms with Crippen molar-refractivity contribution in [3.63, 3.8) is 0 Å². The normalized spacial score (nSPS) is 20.6. The molecule has 0 spiro atoms. The smallest absolute Gasteiger partial charge is 0.225 e. The number of hydrogen-bond donors (Lipinski definition) is 0. The Kier molecular flexibility index (Phi) is 4.77. The first-order valence-electron chi connectivity index (χ1n) is 10.6. The monoisotopic (exact) mass is 393 g/mol. The molecular weight excluding hydrogens is 366 g/mol. The highest BCUT2D eigenvalue weighted by atomic mass is 16.2. The highest BCUT2D eigenvalue weighted by Gasteiger charge is 2.33. The zero-order valence-corrected chi connectivity index (χ0v) is 16.9. The molecule has 2 fully saturated rings. The number of hydrogen-bond acceptors (Lipinski definition) is 5. The van der Waals surface area contributed by atoms with Crippen LogP contribution in [0.3, 0.4) is 0 Å². The van der Waals surface area contributed by atoms with Gasteiger partial charge in [0.15, 0.2) is 5.65 Å². The maximum absolute atomic E-state index is 13.0. The van der Waals surface area contributed by atoms with Crippen LogP contribution in [0.2, 0.25) is 0 Å². The minimum Gasteiger partial charge on any atom is -0.342 e. The van der Waals surface area contributed by atoms with E-state index in [0.717, 1.165) is 55.0 Å². The Morgan fingerprint density at radius 1 is 1.21 bits per heavy atom. The van der Waals surface area contributed by atoms with Gasteiger partial charge in [-0.2, -0.15) is 10.2 Å². The minimum absolute atomic E-state index is 0.237. The first kappa shape index (κ1) is 18.3. The third-order valence-electron chi connectivity index (χ3n) is 6.50. The molecule has 8 heteroatoms. The number of nitrogens with zero attached hydrogens (tertiary/aromatic N) is 7. The van der Waals surface area contributed by atoms with Crippen molar-refractivity contribution in [2.75, 3.05) is 13.1 Å². The van der Waals surface area contributed by atoms with Crippen LogP contribution in [0.1, 0.15) is 61.4 Å². The van der Waals surface area contributed by atoms with Crippen LogP contribution in [-0.2, 0) is 11.3 Å². The van der Waals surface area contributed by atoms with E-state index < -0.39 is 0 Å². The minimum atomic E-state index is 0.237. The molecule has 4 heterocycles. The molecule has 0 aromatic carbocycles. The summed E-state index contributed by atoms with van der Waals surface area (Å²) in [6.45, 7) is 4.24. The van der Waals surface area contributed by atoms with Gasteiger partial charge in [0.25, 0.3) is 0 Å². The third kappa shape index (κ3) is 3.41. The molecule has 3 aromatic rings. The van der Waals surface area contributed by atoms with Gasteiger partial charge in [0.05, 0.1) is 17.9 Å². The molecule has 0 radical (unpaired) electrons. The first-order chi connectivity index (χ1) is 14.2. The van der Waals surface area contributed by atoms with Gasteiger partial charge < -0.3 is 4.90 Å². The summed E-state index contributed by atoms with van der Waals surface area (Å²) in [5.41, 5.74) is 4.02. The standard InChI is InChI=1S/C21H27N7O/c1-15-18(12-27-14-22-13-24-27)20-23-9-7-19(28(20)25-15)17-8-10-26(11-17)21(29)16-5-3-2-4-6-16/h7,9,13-14,16-17H,2-6,8,10-12H2,1H3/t17-/m1/s1. The van der Waals surface area contributed by atoms with Gasteiger partial charge >= 0.3 is 0 Å². The van der Waals surface area contributed by atoms with Crippen molar-refractivity contribution in [3.05, 3.63) is 41.9 Å². The molecule has 1 saturated carbocycles. The van der Waals surface area contributed by atoms with Gasteiger partial charge in [-0.1, -0.05) is 19.3 Å². The summed E-state index contributed by atoms with van der Waals surface area (Å²) in [5, 5.41) is 9.00. The fourth-order valence-electron chi connectivity index (χ4n) is 4.89. The SMILES string of the molecule is Cc1nn2c([C@@H]3CCN(C(=O)C4CCCCC4)C3)ccnc2c1Cn1cncn1. The van der Waals surface area contributed by atoms with Crippen LogP contribution in [0.25, 0.3) is 5.65 Å². The quantitative estimate of drug-likeness (QED) is 0.680. The lowest BCUT2D eigenvalue weighted by Gasteiger charge is -2.26. The predicted octanol–water partition coefficient (Wildman–Crippen LogP) is 2.57. The van der Waals surface area contributed by atoms with Gasteiger partial charge in [-0.05, 0) is 32.3 Å². The number of likely N-dealkylation sites (tertiary alicyclic amines) is 1. The van der Waals surface area contributed by atoms with Crippen molar-refractivity contribution >= 4 is 11.6 Å². The molecule has 3 aromatic heterocycles. The van der Waals surface area contributed by atoms with E-state index in [1.807, 2.05) is 17.6 Å². The average molecular weight is 393 g/mol. The average Bonchev–Trinajstić information content (AvgIpc) is 3.50.